The van der Waals surface area contributed by atoms with Crippen LogP contribution < -0.4 is 5.32 Å². The molecule has 0 fully saturated rings. The van der Waals surface area contributed by atoms with Crippen LogP contribution in [0.1, 0.15) is 51.6 Å². The summed E-state index contributed by atoms with van der Waals surface area (Å²) < 4.78 is 0.981. The summed E-state index contributed by atoms with van der Waals surface area (Å²) in [5.41, 5.74) is 1.32. The van der Waals surface area contributed by atoms with Crippen molar-refractivity contribution in [2.75, 3.05) is 6.54 Å². The van der Waals surface area contributed by atoms with Gasteiger partial charge >= 0.3 is 0 Å². The fourth-order valence-electron chi connectivity index (χ4n) is 1.95. The average Bonchev–Trinajstić information content (AvgIpc) is 2.37. The lowest BCUT2D eigenvalue weighted by Gasteiger charge is -2.22. The van der Waals surface area contributed by atoms with E-state index in [2.05, 4.69) is 54.2 Å². The van der Waals surface area contributed by atoms with E-state index in [1.165, 1.54) is 18.4 Å². The van der Waals surface area contributed by atoms with Gasteiger partial charge in [-0.25, -0.2) is 0 Å². The molecule has 18 heavy (non-hydrogen) atoms. The smallest absolute Gasteiger partial charge is 0.0548 e. The summed E-state index contributed by atoms with van der Waals surface area (Å²) in [6, 6.07) is 6.66. The second-order valence-corrected chi connectivity index (χ2v) is 6.19. The highest BCUT2D eigenvalue weighted by molar-refractivity contribution is 9.10. The third kappa shape index (κ3) is 4.91. The van der Waals surface area contributed by atoms with Gasteiger partial charge in [0.25, 0.3) is 0 Å². The third-order valence-electron chi connectivity index (χ3n) is 3.32. The number of hydrogen-bond donors (Lipinski definition) is 1. The van der Waals surface area contributed by atoms with E-state index in [1.54, 1.807) is 0 Å². The summed E-state index contributed by atoms with van der Waals surface area (Å²) in [4.78, 5) is 0. The van der Waals surface area contributed by atoms with Crippen molar-refractivity contribution >= 4 is 27.5 Å². The van der Waals surface area contributed by atoms with Crippen LogP contribution >= 0.6 is 27.5 Å². The molecule has 0 aromatic heterocycles. The number of hydrogen-bond acceptors (Lipinski definition) is 1. The Labute approximate surface area is 124 Å². The second-order valence-electron chi connectivity index (χ2n) is 4.93. The van der Waals surface area contributed by atoms with Crippen molar-refractivity contribution in [3.8, 4) is 0 Å². The Morgan fingerprint density at radius 1 is 1.33 bits per heavy atom. The van der Waals surface area contributed by atoms with Crippen molar-refractivity contribution in [2.45, 2.75) is 46.1 Å². The monoisotopic (exact) mass is 331 g/mol. The first-order chi connectivity index (χ1) is 8.58. The van der Waals surface area contributed by atoms with Crippen LogP contribution in [0, 0.1) is 5.92 Å². The lowest BCUT2D eigenvalue weighted by molar-refractivity contribution is 0.402. The second kappa shape index (κ2) is 8.19. The number of nitrogens with one attached hydrogen (secondary N) is 1. The van der Waals surface area contributed by atoms with Crippen LogP contribution in [0.3, 0.4) is 0 Å². The molecule has 3 heteroatoms. The lowest BCUT2D eigenvalue weighted by atomic mass is 9.94. The zero-order valence-corrected chi connectivity index (χ0v) is 13.8. The molecule has 0 spiro atoms. The molecule has 0 heterocycles. The van der Waals surface area contributed by atoms with Crippen LogP contribution in [-0.4, -0.2) is 6.54 Å². The van der Waals surface area contributed by atoms with Crippen molar-refractivity contribution in [3.05, 3.63) is 33.3 Å². The molecule has 1 aromatic carbocycles. The Morgan fingerprint density at radius 2 is 2.06 bits per heavy atom. The minimum atomic E-state index is 0.425. The summed E-state index contributed by atoms with van der Waals surface area (Å²) in [7, 11) is 0. The quantitative estimate of drug-likeness (QED) is 0.687. The largest absolute Gasteiger partial charge is 0.310 e. The highest BCUT2D eigenvalue weighted by Gasteiger charge is 2.14. The van der Waals surface area contributed by atoms with E-state index >= 15 is 0 Å². The SMILES string of the molecule is CCCNC(CC(C)CC)c1ccc(Cl)c(Br)c1. The predicted octanol–water partition coefficient (Wildman–Crippen LogP) is 5.58. The first-order valence-electron chi connectivity index (χ1n) is 6.76. The molecule has 0 radical (unpaired) electrons. The molecule has 0 saturated heterocycles. The Kier molecular flexibility index (Phi) is 7.28. The van der Waals surface area contributed by atoms with Gasteiger partial charge in [-0.1, -0.05) is 44.9 Å². The fraction of sp³-hybridized carbons (Fsp3) is 0.600. The zero-order valence-electron chi connectivity index (χ0n) is 11.5. The molecule has 2 atom stereocenters. The van der Waals surface area contributed by atoms with Crippen LogP contribution in [0.5, 0.6) is 0 Å². The molecule has 0 bridgehead atoms. The van der Waals surface area contributed by atoms with Gasteiger partial charge in [-0.2, -0.15) is 0 Å². The number of halogens is 2. The van der Waals surface area contributed by atoms with E-state index in [-0.39, 0.29) is 0 Å². The Bertz CT molecular complexity index is 368. The molecule has 0 saturated carbocycles. The Morgan fingerprint density at radius 3 is 2.61 bits per heavy atom. The fourth-order valence-corrected chi connectivity index (χ4v) is 2.47. The normalized spacial score (nSPS) is 14.5. The topological polar surface area (TPSA) is 12.0 Å². The first-order valence-corrected chi connectivity index (χ1v) is 7.93. The van der Waals surface area contributed by atoms with Gasteiger partial charge in [-0.3, -0.25) is 0 Å². The molecule has 1 rings (SSSR count). The zero-order chi connectivity index (χ0) is 13.5. The maximum atomic E-state index is 6.06. The minimum absolute atomic E-state index is 0.425. The summed E-state index contributed by atoms with van der Waals surface area (Å²) in [6.45, 7) is 7.82. The maximum absolute atomic E-state index is 6.06. The Hall–Kier alpha value is -0.0500. The molecule has 1 nitrogen and oxygen atoms in total. The van der Waals surface area contributed by atoms with Crippen LogP contribution in [0.2, 0.25) is 5.02 Å². The van der Waals surface area contributed by atoms with Crippen molar-refractivity contribution < 1.29 is 0 Å². The van der Waals surface area contributed by atoms with Crippen LogP contribution in [0.4, 0.5) is 0 Å². The Balaban J connectivity index is 2.82. The standard InChI is InChI=1S/C15H23BrClN/c1-4-8-18-15(9-11(3)5-2)12-6-7-14(17)13(16)10-12/h6-7,10-11,15,18H,4-5,8-9H2,1-3H3. The molecule has 1 N–H and O–H groups in total. The van der Waals surface area contributed by atoms with E-state index in [4.69, 9.17) is 11.6 Å². The van der Waals surface area contributed by atoms with Crippen molar-refractivity contribution in [1.82, 2.24) is 5.32 Å². The van der Waals surface area contributed by atoms with E-state index in [0.717, 1.165) is 28.4 Å². The van der Waals surface area contributed by atoms with Crippen LogP contribution in [0.15, 0.2) is 22.7 Å². The predicted molar refractivity (Wildman–Crippen MR) is 84.3 cm³/mol. The van der Waals surface area contributed by atoms with Gasteiger partial charge in [-0.15, -0.1) is 0 Å². The summed E-state index contributed by atoms with van der Waals surface area (Å²) in [5.74, 6) is 0.730. The molecule has 0 aliphatic carbocycles. The molecular weight excluding hydrogens is 310 g/mol. The number of rotatable bonds is 7. The molecule has 0 amide bonds. The van der Waals surface area contributed by atoms with Gasteiger partial charge in [0.05, 0.1) is 5.02 Å². The van der Waals surface area contributed by atoms with E-state index in [1.807, 2.05) is 6.07 Å². The van der Waals surface area contributed by atoms with Gasteiger partial charge in [0.15, 0.2) is 0 Å². The van der Waals surface area contributed by atoms with Crippen molar-refractivity contribution in [2.24, 2.45) is 5.92 Å². The molecular formula is C15H23BrClN. The molecule has 2 unspecified atom stereocenters. The van der Waals surface area contributed by atoms with E-state index in [9.17, 15) is 0 Å². The number of benzene rings is 1. The summed E-state index contributed by atoms with van der Waals surface area (Å²) in [6.07, 6.45) is 3.55. The van der Waals surface area contributed by atoms with E-state index in [0.29, 0.717) is 6.04 Å². The van der Waals surface area contributed by atoms with Gasteiger partial charge in [0.2, 0.25) is 0 Å². The first kappa shape index (κ1) is 16.0. The van der Waals surface area contributed by atoms with Gasteiger partial charge < -0.3 is 5.32 Å². The van der Waals surface area contributed by atoms with Crippen LogP contribution in [-0.2, 0) is 0 Å². The van der Waals surface area contributed by atoms with Crippen LogP contribution in [0.25, 0.3) is 0 Å². The van der Waals surface area contributed by atoms with Crippen molar-refractivity contribution in [1.29, 1.82) is 0 Å². The maximum Gasteiger partial charge on any atom is 0.0548 e. The van der Waals surface area contributed by atoms with Crippen molar-refractivity contribution in [3.63, 3.8) is 0 Å². The van der Waals surface area contributed by atoms with Gasteiger partial charge in [0, 0.05) is 10.5 Å². The molecule has 1 aromatic rings. The highest BCUT2D eigenvalue weighted by atomic mass is 79.9. The molecule has 102 valence electrons. The average molecular weight is 333 g/mol. The third-order valence-corrected chi connectivity index (χ3v) is 4.54. The summed E-state index contributed by atoms with van der Waals surface area (Å²) >= 11 is 9.56. The van der Waals surface area contributed by atoms with Gasteiger partial charge in [0.1, 0.15) is 0 Å². The van der Waals surface area contributed by atoms with Gasteiger partial charge in [-0.05, 0) is 58.9 Å². The minimum Gasteiger partial charge on any atom is -0.310 e. The van der Waals surface area contributed by atoms with E-state index < -0.39 is 0 Å². The molecule has 0 aliphatic heterocycles. The highest BCUT2D eigenvalue weighted by Crippen LogP contribution is 2.29. The summed E-state index contributed by atoms with van der Waals surface area (Å²) in [5, 5.41) is 4.41. The molecule has 0 aliphatic rings. The lowest BCUT2D eigenvalue weighted by Crippen LogP contribution is -2.24.